The number of carbonyl (C=O) groups excluding carboxylic acids is 1. The van der Waals surface area contributed by atoms with Gasteiger partial charge in [0.2, 0.25) is 0 Å². The Kier molecular flexibility index (Phi) is 3.55. The molecule has 4 nitrogen and oxygen atoms in total. The molecule has 2 heterocycles. The predicted molar refractivity (Wildman–Crippen MR) is 72.9 cm³/mol. The van der Waals surface area contributed by atoms with Crippen molar-refractivity contribution in [3.05, 3.63) is 23.9 Å². The average Bonchev–Trinajstić information content (AvgIpc) is 2.80. The van der Waals surface area contributed by atoms with Crippen LogP contribution in [0.2, 0.25) is 0 Å². The minimum absolute atomic E-state index is 0.0440. The molecule has 18 heavy (non-hydrogen) atoms. The highest BCUT2D eigenvalue weighted by atomic mass is 16.1. The number of aromatic nitrogens is 1. The third-order valence-electron chi connectivity index (χ3n) is 2.93. The molecule has 0 aliphatic carbocycles. The molecule has 1 aliphatic heterocycles. The van der Waals surface area contributed by atoms with E-state index < -0.39 is 0 Å². The monoisotopic (exact) mass is 247 g/mol. The Morgan fingerprint density at radius 1 is 1.33 bits per heavy atom. The number of rotatable bonds is 2. The first kappa shape index (κ1) is 12.9. The third kappa shape index (κ3) is 3.00. The maximum Gasteiger partial charge on any atom is 0.255 e. The summed E-state index contributed by atoms with van der Waals surface area (Å²) in [6.45, 7) is 7.93. The van der Waals surface area contributed by atoms with Gasteiger partial charge in [0.15, 0.2) is 0 Å². The summed E-state index contributed by atoms with van der Waals surface area (Å²) < 4.78 is 0. The van der Waals surface area contributed by atoms with Crippen LogP contribution in [0.4, 0.5) is 5.82 Å². The lowest BCUT2D eigenvalue weighted by atomic mass is 10.1. The number of carbonyl (C=O) groups is 1. The predicted octanol–water partition coefficient (Wildman–Crippen LogP) is 2.21. The summed E-state index contributed by atoms with van der Waals surface area (Å²) >= 11 is 0. The summed E-state index contributed by atoms with van der Waals surface area (Å²) in [4.78, 5) is 18.8. The van der Waals surface area contributed by atoms with Crippen LogP contribution in [0.25, 0.3) is 0 Å². The largest absolute Gasteiger partial charge is 0.356 e. The number of hydrogen-bond donors (Lipinski definition) is 1. The summed E-state index contributed by atoms with van der Waals surface area (Å²) in [5.74, 6) is 0.772. The quantitative estimate of drug-likeness (QED) is 0.871. The van der Waals surface area contributed by atoms with E-state index in [0.29, 0.717) is 5.56 Å². The summed E-state index contributed by atoms with van der Waals surface area (Å²) in [5, 5.41) is 2.99. The molecule has 1 aromatic rings. The Bertz CT molecular complexity index is 431. The molecule has 0 bridgehead atoms. The molecule has 1 N–H and O–H groups in total. The first-order valence-corrected chi connectivity index (χ1v) is 6.50. The van der Waals surface area contributed by atoms with E-state index in [1.807, 2.05) is 32.9 Å². The van der Waals surface area contributed by atoms with Crippen molar-refractivity contribution in [3.8, 4) is 0 Å². The minimum Gasteiger partial charge on any atom is -0.356 e. The molecule has 0 aromatic carbocycles. The molecule has 1 saturated heterocycles. The number of nitrogens with zero attached hydrogens (tertiary/aromatic N) is 2. The SMILES string of the molecule is CC(C)(C)NC(=O)c1cccnc1N1CCCC1. The highest BCUT2D eigenvalue weighted by molar-refractivity contribution is 5.99. The Labute approximate surface area is 108 Å². The first-order valence-electron chi connectivity index (χ1n) is 6.50. The zero-order valence-electron chi connectivity index (χ0n) is 11.4. The summed E-state index contributed by atoms with van der Waals surface area (Å²) in [6, 6.07) is 3.67. The zero-order chi connectivity index (χ0) is 13.2. The van der Waals surface area contributed by atoms with E-state index in [2.05, 4.69) is 15.2 Å². The van der Waals surface area contributed by atoms with Crippen LogP contribution in [0.15, 0.2) is 18.3 Å². The van der Waals surface area contributed by atoms with E-state index in [1.165, 1.54) is 12.8 Å². The highest BCUT2D eigenvalue weighted by Gasteiger charge is 2.22. The minimum atomic E-state index is -0.227. The van der Waals surface area contributed by atoms with Gasteiger partial charge in [0.25, 0.3) is 5.91 Å². The van der Waals surface area contributed by atoms with E-state index in [4.69, 9.17) is 0 Å². The fourth-order valence-electron chi connectivity index (χ4n) is 2.16. The van der Waals surface area contributed by atoms with E-state index in [1.54, 1.807) is 6.20 Å². The molecule has 4 heteroatoms. The lowest BCUT2D eigenvalue weighted by Gasteiger charge is -2.23. The molecule has 1 fully saturated rings. The Balaban J connectivity index is 2.24. The van der Waals surface area contributed by atoms with Gasteiger partial charge >= 0.3 is 0 Å². The Morgan fingerprint density at radius 3 is 2.61 bits per heavy atom. The lowest BCUT2D eigenvalue weighted by Crippen LogP contribution is -2.41. The van der Waals surface area contributed by atoms with Crippen LogP contribution in [0, 0.1) is 0 Å². The van der Waals surface area contributed by atoms with Crippen molar-refractivity contribution in [2.24, 2.45) is 0 Å². The van der Waals surface area contributed by atoms with E-state index in [-0.39, 0.29) is 11.4 Å². The van der Waals surface area contributed by atoms with Crippen molar-refractivity contribution >= 4 is 11.7 Å². The standard InChI is InChI=1S/C14H21N3O/c1-14(2,3)16-13(18)11-7-6-8-15-12(11)17-9-4-5-10-17/h6-8H,4-5,9-10H2,1-3H3,(H,16,18). The van der Waals surface area contributed by atoms with E-state index in [0.717, 1.165) is 18.9 Å². The molecule has 2 rings (SSSR count). The number of nitrogens with one attached hydrogen (secondary N) is 1. The van der Waals surface area contributed by atoms with Gasteiger partial charge in [-0.3, -0.25) is 4.79 Å². The van der Waals surface area contributed by atoms with Gasteiger partial charge in [-0.2, -0.15) is 0 Å². The van der Waals surface area contributed by atoms with E-state index >= 15 is 0 Å². The van der Waals surface area contributed by atoms with Crippen molar-refractivity contribution in [3.63, 3.8) is 0 Å². The maximum atomic E-state index is 12.3. The number of hydrogen-bond acceptors (Lipinski definition) is 3. The van der Waals surface area contributed by atoms with Crippen molar-refractivity contribution in [1.82, 2.24) is 10.3 Å². The molecule has 0 radical (unpaired) electrons. The van der Waals surface area contributed by atoms with Crippen LogP contribution >= 0.6 is 0 Å². The maximum absolute atomic E-state index is 12.3. The second-order valence-electron chi connectivity index (χ2n) is 5.77. The first-order chi connectivity index (χ1) is 8.47. The van der Waals surface area contributed by atoms with Gasteiger partial charge < -0.3 is 10.2 Å². The highest BCUT2D eigenvalue weighted by Crippen LogP contribution is 2.22. The molecular weight excluding hydrogens is 226 g/mol. The normalized spacial score (nSPS) is 15.8. The molecule has 0 unspecified atom stereocenters. The fourth-order valence-corrected chi connectivity index (χ4v) is 2.16. The smallest absolute Gasteiger partial charge is 0.255 e. The van der Waals surface area contributed by atoms with Gasteiger partial charge in [-0.1, -0.05) is 0 Å². The van der Waals surface area contributed by atoms with E-state index in [9.17, 15) is 4.79 Å². The van der Waals surface area contributed by atoms with Gasteiger partial charge in [0.1, 0.15) is 5.82 Å². The Morgan fingerprint density at radius 2 is 2.00 bits per heavy atom. The molecule has 0 saturated carbocycles. The number of anilines is 1. The third-order valence-corrected chi connectivity index (χ3v) is 2.93. The second kappa shape index (κ2) is 4.96. The fraction of sp³-hybridized carbons (Fsp3) is 0.571. The molecule has 98 valence electrons. The molecule has 0 spiro atoms. The van der Waals surface area contributed by atoms with Crippen LogP contribution in [0.1, 0.15) is 44.0 Å². The molecule has 0 atom stereocenters. The van der Waals surface area contributed by atoms with Crippen molar-refractivity contribution in [2.45, 2.75) is 39.2 Å². The number of amides is 1. The van der Waals surface area contributed by atoms with Crippen LogP contribution in [-0.2, 0) is 0 Å². The van der Waals surface area contributed by atoms with Gasteiger partial charge in [-0.25, -0.2) is 4.98 Å². The summed E-state index contributed by atoms with van der Waals surface area (Å²) in [6.07, 6.45) is 4.11. The average molecular weight is 247 g/mol. The van der Waals surface area contributed by atoms with Crippen LogP contribution in [-0.4, -0.2) is 29.5 Å². The number of pyridine rings is 1. The Hall–Kier alpha value is -1.58. The van der Waals surface area contributed by atoms with Gasteiger partial charge in [-0.05, 0) is 45.7 Å². The van der Waals surface area contributed by atoms with Gasteiger partial charge in [-0.15, -0.1) is 0 Å². The summed E-state index contributed by atoms with van der Waals surface area (Å²) in [5.41, 5.74) is 0.448. The second-order valence-corrected chi connectivity index (χ2v) is 5.77. The van der Waals surface area contributed by atoms with Crippen LogP contribution in [0.3, 0.4) is 0 Å². The summed E-state index contributed by atoms with van der Waals surface area (Å²) in [7, 11) is 0. The molecule has 1 amide bonds. The van der Waals surface area contributed by atoms with Gasteiger partial charge in [0.05, 0.1) is 5.56 Å². The van der Waals surface area contributed by atoms with Gasteiger partial charge in [0, 0.05) is 24.8 Å². The van der Waals surface area contributed by atoms with Crippen molar-refractivity contribution in [1.29, 1.82) is 0 Å². The van der Waals surface area contributed by atoms with Crippen LogP contribution < -0.4 is 10.2 Å². The van der Waals surface area contributed by atoms with Crippen LogP contribution in [0.5, 0.6) is 0 Å². The lowest BCUT2D eigenvalue weighted by molar-refractivity contribution is 0.0920. The molecular formula is C14H21N3O. The van der Waals surface area contributed by atoms with Crippen molar-refractivity contribution in [2.75, 3.05) is 18.0 Å². The topological polar surface area (TPSA) is 45.2 Å². The zero-order valence-corrected chi connectivity index (χ0v) is 11.4. The molecule has 1 aromatic heterocycles. The molecule has 1 aliphatic rings. The van der Waals surface area contributed by atoms with Crippen molar-refractivity contribution < 1.29 is 4.79 Å².